The van der Waals surface area contributed by atoms with Crippen LogP contribution in [-0.2, 0) is 9.53 Å². The Morgan fingerprint density at radius 2 is 1.91 bits per heavy atom. The summed E-state index contributed by atoms with van der Waals surface area (Å²) < 4.78 is 5.03. The molecular formula is C17H20N2O3. The Balaban J connectivity index is 1.90. The number of amides is 1. The first-order valence-electron chi connectivity index (χ1n) is 7.32. The van der Waals surface area contributed by atoms with Gasteiger partial charge in [0.15, 0.2) is 6.61 Å². The maximum absolute atomic E-state index is 12.0. The van der Waals surface area contributed by atoms with E-state index in [0.29, 0.717) is 5.56 Å². The van der Waals surface area contributed by atoms with Crippen LogP contribution in [0.1, 0.15) is 41.3 Å². The van der Waals surface area contributed by atoms with Crippen LogP contribution in [0.3, 0.4) is 0 Å². The van der Waals surface area contributed by atoms with E-state index in [2.05, 4.69) is 11.4 Å². The molecule has 0 aliphatic heterocycles. The van der Waals surface area contributed by atoms with E-state index in [9.17, 15) is 14.9 Å². The number of nitriles is 1. The summed E-state index contributed by atoms with van der Waals surface area (Å²) in [5.41, 5.74) is 1.48. The van der Waals surface area contributed by atoms with Crippen molar-refractivity contribution >= 4 is 11.9 Å². The van der Waals surface area contributed by atoms with Crippen molar-refractivity contribution in [2.45, 2.75) is 39.2 Å². The summed E-state index contributed by atoms with van der Waals surface area (Å²) in [5.74, 6) is -0.794. The number of rotatable bonds is 5. The summed E-state index contributed by atoms with van der Waals surface area (Å²) in [4.78, 5) is 23.8. The SMILES string of the molecule is Cc1cc(C)cc(C(=O)OCC(=O)N[C@@](C)(C#N)C2CC2)c1. The van der Waals surface area contributed by atoms with E-state index < -0.39 is 17.4 Å². The van der Waals surface area contributed by atoms with Crippen molar-refractivity contribution in [3.63, 3.8) is 0 Å². The number of nitrogens with one attached hydrogen (secondary N) is 1. The van der Waals surface area contributed by atoms with E-state index in [0.717, 1.165) is 24.0 Å². The second-order valence-electron chi connectivity index (χ2n) is 6.09. The molecule has 0 heterocycles. The lowest BCUT2D eigenvalue weighted by Crippen LogP contribution is -2.48. The minimum atomic E-state index is -0.872. The van der Waals surface area contributed by atoms with Gasteiger partial charge in [-0.05, 0) is 51.7 Å². The van der Waals surface area contributed by atoms with E-state index in [1.165, 1.54) is 0 Å². The van der Waals surface area contributed by atoms with Gasteiger partial charge in [-0.3, -0.25) is 4.79 Å². The first-order chi connectivity index (χ1) is 10.3. The van der Waals surface area contributed by atoms with E-state index >= 15 is 0 Å². The molecule has 22 heavy (non-hydrogen) atoms. The summed E-state index contributed by atoms with van der Waals surface area (Å²) in [6, 6.07) is 7.53. The average Bonchev–Trinajstić information content (AvgIpc) is 3.28. The van der Waals surface area contributed by atoms with Gasteiger partial charge in [-0.15, -0.1) is 0 Å². The molecule has 1 amide bonds. The number of aryl methyl sites for hydroxylation is 2. The van der Waals surface area contributed by atoms with Crippen LogP contribution in [0.2, 0.25) is 0 Å². The van der Waals surface area contributed by atoms with Gasteiger partial charge in [0.25, 0.3) is 5.91 Å². The molecule has 1 aromatic rings. The third-order valence-corrected chi connectivity index (χ3v) is 3.82. The van der Waals surface area contributed by atoms with Gasteiger partial charge in [-0.25, -0.2) is 4.79 Å². The Morgan fingerprint density at radius 3 is 2.41 bits per heavy atom. The number of carbonyl (C=O) groups excluding carboxylic acids is 2. The highest BCUT2D eigenvalue weighted by Crippen LogP contribution is 2.39. The molecule has 1 saturated carbocycles. The summed E-state index contributed by atoms with van der Waals surface area (Å²) >= 11 is 0. The first-order valence-corrected chi connectivity index (χ1v) is 7.32. The molecule has 1 atom stereocenters. The second-order valence-corrected chi connectivity index (χ2v) is 6.09. The Morgan fingerprint density at radius 1 is 1.32 bits per heavy atom. The molecule has 0 spiro atoms. The number of ether oxygens (including phenoxy) is 1. The summed E-state index contributed by atoms with van der Waals surface area (Å²) in [5, 5.41) is 11.8. The molecule has 0 aromatic heterocycles. The molecule has 116 valence electrons. The molecule has 1 fully saturated rings. The zero-order chi connectivity index (χ0) is 16.3. The zero-order valence-electron chi connectivity index (χ0n) is 13.1. The normalized spacial score (nSPS) is 16.3. The summed E-state index contributed by atoms with van der Waals surface area (Å²) in [7, 11) is 0. The smallest absolute Gasteiger partial charge is 0.338 e. The Kier molecular flexibility index (Phi) is 4.51. The minimum Gasteiger partial charge on any atom is -0.452 e. The number of carbonyl (C=O) groups is 2. The highest BCUT2D eigenvalue weighted by molar-refractivity contribution is 5.91. The maximum atomic E-state index is 12.0. The molecule has 0 radical (unpaired) electrons. The van der Waals surface area contributed by atoms with Gasteiger partial charge in [0.2, 0.25) is 0 Å². The second kappa shape index (κ2) is 6.18. The zero-order valence-corrected chi connectivity index (χ0v) is 13.1. The van der Waals surface area contributed by atoms with E-state index in [1.54, 1.807) is 19.1 Å². The monoisotopic (exact) mass is 300 g/mol. The predicted octanol–water partition coefficient (Wildman–Crippen LogP) is 2.27. The third-order valence-electron chi connectivity index (χ3n) is 3.82. The lowest BCUT2D eigenvalue weighted by molar-refractivity contribution is -0.125. The van der Waals surface area contributed by atoms with Crippen LogP contribution in [0.4, 0.5) is 0 Å². The minimum absolute atomic E-state index is 0.191. The third kappa shape index (κ3) is 3.85. The molecule has 5 nitrogen and oxygen atoms in total. The molecule has 1 aliphatic carbocycles. The van der Waals surface area contributed by atoms with Crippen LogP contribution < -0.4 is 5.32 Å². The van der Waals surface area contributed by atoms with Crippen LogP contribution in [0.15, 0.2) is 18.2 Å². The molecule has 1 aliphatic rings. The number of nitrogens with zero attached hydrogens (tertiary/aromatic N) is 1. The molecule has 5 heteroatoms. The number of hydrogen-bond donors (Lipinski definition) is 1. The fraction of sp³-hybridized carbons (Fsp3) is 0.471. The van der Waals surface area contributed by atoms with Crippen molar-refractivity contribution in [3.8, 4) is 6.07 Å². The quantitative estimate of drug-likeness (QED) is 0.846. The Bertz CT molecular complexity index is 624. The van der Waals surface area contributed by atoms with Gasteiger partial charge in [0.1, 0.15) is 5.54 Å². The van der Waals surface area contributed by atoms with Gasteiger partial charge in [-0.2, -0.15) is 5.26 Å². The Hall–Kier alpha value is -2.35. The van der Waals surface area contributed by atoms with Crippen LogP contribution in [0.25, 0.3) is 0 Å². The average molecular weight is 300 g/mol. The highest BCUT2D eigenvalue weighted by Gasteiger charge is 2.43. The van der Waals surface area contributed by atoms with Crippen molar-refractivity contribution < 1.29 is 14.3 Å². The van der Waals surface area contributed by atoms with Gasteiger partial charge in [-0.1, -0.05) is 17.2 Å². The lowest BCUT2D eigenvalue weighted by atomic mass is 9.98. The fourth-order valence-electron chi connectivity index (χ4n) is 2.51. The van der Waals surface area contributed by atoms with Gasteiger partial charge in [0, 0.05) is 0 Å². The molecule has 0 saturated heterocycles. The van der Waals surface area contributed by atoms with Crippen molar-refractivity contribution in [1.29, 1.82) is 5.26 Å². The maximum Gasteiger partial charge on any atom is 0.338 e. The topological polar surface area (TPSA) is 79.2 Å². The Labute approximate surface area is 130 Å². The lowest BCUT2D eigenvalue weighted by Gasteiger charge is -2.22. The number of hydrogen-bond acceptors (Lipinski definition) is 4. The van der Waals surface area contributed by atoms with Crippen LogP contribution in [0, 0.1) is 31.1 Å². The molecule has 0 unspecified atom stereocenters. The van der Waals surface area contributed by atoms with Crippen molar-refractivity contribution in [1.82, 2.24) is 5.32 Å². The summed E-state index contributed by atoms with van der Waals surface area (Å²) in [6.07, 6.45) is 1.87. The van der Waals surface area contributed by atoms with Gasteiger partial charge >= 0.3 is 5.97 Å². The van der Waals surface area contributed by atoms with Crippen molar-refractivity contribution in [2.75, 3.05) is 6.61 Å². The van der Waals surface area contributed by atoms with Gasteiger partial charge in [0.05, 0.1) is 11.6 Å². The fourth-order valence-corrected chi connectivity index (χ4v) is 2.51. The van der Waals surface area contributed by atoms with E-state index in [4.69, 9.17) is 4.74 Å². The molecule has 2 rings (SSSR count). The molecule has 1 aromatic carbocycles. The van der Waals surface area contributed by atoms with Crippen LogP contribution >= 0.6 is 0 Å². The van der Waals surface area contributed by atoms with E-state index in [1.807, 2.05) is 19.9 Å². The van der Waals surface area contributed by atoms with Gasteiger partial charge < -0.3 is 10.1 Å². The van der Waals surface area contributed by atoms with Crippen LogP contribution in [-0.4, -0.2) is 24.0 Å². The first kappa shape index (κ1) is 16.0. The van der Waals surface area contributed by atoms with Crippen LogP contribution in [0.5, 0.6) is 0 Å². The van der Waals surface area contributed by atoms with Crippen molar-refractivity contribution in [2.24, 2.45) is 5.92 Å². The number of benzene rings is 1. The van der Waals surface area contributed by atoms with Crippen molar-refractivity contribution in [3.05, 3.63) is 34.9 Å². The molecule has 0 bridgehead atoms. The molecule has 1 N–H and O–H groups in total. The summed E-state index contributed by atoms with van der Waals surface area (Å²) in [6.45, 7) is 5.11. The molecular weight excluding hydrogens is 280 g/mol. The largest absolute Gasteiger partial charge is 0.452 e. The van der Waals surface area contributed by atoms with E-state index in [-0.39, 0.29) is 12.5 Å². The standard InChI is InChI=1S/C17H20N2O3/c1-11-6-12(2)8-13(7-11)16(21)22-9-15(20)19-17(3,10-18)14-4-5-14/h6-8,14H,4-5,9H2,1-3H3,(H,19,20)/t17-/m0/s1. The predicted molar refractivity (Wildman–Crippen MR) is 81.1 cm³/mol. The number of esters is 1. The highest BCUT2D eigenvalue weighted by atomic mass is 16.5.